The van der Waals surface area contributed by atoms with Crippen LogP contribution >= 0.6 is 0 Å². The van der Waals surface area contributed by atoms with Gasteiger partial charge >= 0.3 is 6.09 Å². The van der Waals surface area contributed by atoms with E-state index in [1.165, 1.54) is 12.1 Å². The number of benzene rings is 1. The fourth-order valence-electron chi connectivity index (χ4n) is 1.95. The van der Waals surface area contributed by atoms with Crippen molar-refractivity contribution in [2.75, 3.05) is 0 Å². The first-order chi connectivity index (χ1) is 9.74. The molecular formula is C15H20F2N2O2. The van der Waals surface area contributed by atoms with Crippen LogP contribution in [0, 0.1) is 11.6 Å². The van der Waals surface area contributed by atoms with Crippen molar-refractivity contribution >= 4 is 6.09 Å². The predicted octanol–water partition coefficient (Wildman–Crippen LogP) is 2.72. The standard InChI is InChI=1S/C15H20F2N2O2/c1-15(2,3)21-14(20)19-13-7-12(13)18-8-9-4-5-10(16)6-11(9)17/h4-6,12-13,18H,7-8H2,1-3H3,(H,19,20). The third kappa shape index (κ3) is 4.97. The summed E-state index contributed by atoms with van der Waals surface area (Å²) in [5.74, 6) is -1.16. The second-order valence-electron chi connectivity index (χ2n) is 6.21. The van der Waals surface area contributed by atoms with E-state index in [9.17, 15) is 13.6 Å². The Bertz CT molecular complexity index is 529. The van der Waals surface area contributed by atoms with Gasteiger partial charge in [-0.1, -0.05) is 6.07 Å². The Morgan fingerprint density at radius 3 is 2.67 bits per heavy atom. The number of ether oxygens (including phenoxy) is 1. The number of nitrogens with one attached hydrogen (secondary N) is 2. The molecule has 0 bridgehead atoms. The molecule has 1 aromatic rings. The molecule has 116 valence electrons. The van der Waals surface area contributed by atoms with Gasteiger partial charge in [0.1, 0.15) is 17.2 Å². The number of carbonyl (C=O) groups is 1. The quantitative estimate of drug-likeness (QED) is 0.898. The van der Waals surface area contributed by atoms with Crippen LogP contribution in [0.5, 0.6) is 0 Å². The van der Waals surface area contributed by atoms with Crippen molar-refractivity contribution in [2.24, 2.45) is 0 Å². The van der Waals surface area contributed by atoms with Gasteiger partial charge < -0.3 is 15.4 Å². The molecule has 1 aromatic carbocycles. The van der Waals surface area contributed by atoms with Crippen LogP contribution < -0.4 is 10.6 Å². The maximum absolute atomic E-state index is 13.4. The molecule has 1 aliphatic rings. The van der Waals surface area contributed by atoms with Gasteiger partial charge in [0.05, 0.1) is 0 Å². The first kappa shape index (κ1) is 15.7. The van der Waals surface area contributed by atoms with Gasteiger partial charge in [0.2, 0.25) is 0 Å². The smallest absolute Gasteiger partial charge is 0.407 e. The molecule has 2 N–H and O–H groups in total. The van der Waals surface area contributed by atoms with Gasteiger partial charge in [-0.3, -0.25) is 0 Å². The van der Waals surface area contributed by atoms with Crippen molar-refractivity contribution < 1.29 is 18.3 Å². The van der Waals surface area contributed by atoms with Crippen LogP contribution in [0.1, 0.15) is 32.8 Å². The third-order valence-electron chi connectivity index (χ3n) is 3.06. The molecule has 1 fully saturated rings. The lowest BCUT2D eigenvalue weighted by Crippen LogP contribution is -2.36. The lowest BCUT2D eigenvalue weighted by molar-refractivity contribution is 0.0522. The summed E-state index contributed by atoms with van der Waals surface area (Å²) >= 11 is 0. The molecule has 0 heterocycles. The molecule has 6 heteroatoms. The van der Waals surface area contributed by atoms with Crippen molar-refractivity contribution in [1.82, 2.24) is 10.6 Å². The number of hydrogen-bond acceptors (Lipinski definition) is 3. The number of halogens is 2. The highest BCUT2D eigenvalue weighted by molar-refractivity contribution is 5.68. The highest BCUT2D eigenvalue weighted by atomic mass is 19.1. The Morgan fingerprint density at radius 1 is 1.33 bits per heavy atom. The average molecular weight is 298 g/mol. The van der Waals surface area contributed by atoms with Crippen LogP contribution in [0.25, 0.3) is 0 Å². The maximum Gasteiger partial charge on any atom is 0.407 e. The van der Waals surface area contributed by atoms with E-state index in [0.717, 1.165) is 12.5 Å². The van der Waals surface area contributed by atoms with Crippen molar-refractivity contribution in [1.29, 1.82) is 0 Å². The largest absolute Gasteiger partial charge is 0.444 e. The van der Waals surface area contributed by atoms with Gasteiger partial charge in [-0.05, 0) is 33.3 Å². The highest BCUT2D eigenvalue weighted by Gasteiger charge is 2.38. The summed E-state index contributed by atoms with van der Waals surface area (Å²) in [7, 11) is 0. The molecule has 1 aliphatic carbocycles. The number of hydrogen-bond donors (Lipinski definition) is 2. The van der Waals surface area contributed by atoms with E-state index in [2.05, 4.69) is 10.6 Å². The summed E-state index contributed by atoms with van der Waals surface area (Å²) in [6, 6.07) is 3.57. The van der Waals surface area contributed by atoms with Crippen LogP contribution in [0.2, 0.25) is 0 Å². The fraction of sp³-hybridized carbons (Fsp3) is 0.533. The second-order valence-corrected chi connectivity index (χ2v) is 6.21. The number of carbonyl (C=O) groups excluding carboxylic acids is 1. The summed E-state index contributed by atoms with van der Waals surface area (Å²) in [4.78, 5) is 11.6. The zero-order valence-electron chi connectivity index (χ0n) is 12.4. The molecule has 2 unspecified atom stereocenters. The SMILES string of the molecule is CC(C)(C)OC(=O)NC1CC1NCc1ccc(F)cc1F. The van der Waals surface area contributed by atoms with Crippen LogP contribution in [0.4, 0.5) is 13.6 Å². The van der Waals surface area contributed by atoms with Crippen molar-refractivity contribution in [3.05, 3.63) is 35.4 Å². The van der Waals surface area contributed by atoms with E-state index < -0.39 is 23.3 Å². The average Bonchev–Trinajstić information content (AvgIpc) is 3.03. The number of rotatable bonds is 4. The minimum atomic E-state index is -0.591. The number of amides is 1. The van der Waals surface area contributed by atoms with E-state index in [-0.39, 0.29) is 12.1 Å². The van der Waals surface area contributed by atoms with E-state index in [0.29, 0.717) is 12.1 Å². The molecular weight excluding hydrogens is 278 g/mol. The molecule has 2 rings (SSSR count). The normalized spacial score (nSPS) is 21.0. The molecule has 2 atom stereocenters. The van der Waals surface area contributed by atoms with Gasteiger partial charge in [-0.15, -0.1) is 0 Å². The zero-order valence-corrected chi connectivity index (χ0v) is 12.4. The van der Waals surface area contributed by atoms with Crippen LogP contribution in [-0.4, -0.2) is 23.8 Å². The van der Waals surface area contributed by atoms with E-state index in [1.807, 2.05) is 0 Å². The van der Waals surface area contributed by atoms with E-state index >= 15 is 0 Å². The lowest BCUT2D eigenvalue weighted by Gasteiger charge is -2.19. The summed E-state index contributed by atoms with van der Waals surface area (Å²) in [5.41, 5.74) is -0.126. The Balaban J connectivity index is 1.74. The van der Waals surface area contributed by atoms with Gasteiger partial charge in [-0.2, -0.15) is 0 Å². The molecule has 21 heavy (non-hydrogen) atoms. The molecule has 4 nitrogen and oxygen atoms in total. The van der Waals surface area contributed by atoms with Gasteiger partial charge in [0.15, 0.2) is 0 Å². The van der Waals surface area contributed by atoms with Gasteiger partial charge in [0.25, 0.3) is 0 Å². The summed E-state index contributed by atoms with van der Waals surface area (Å²) in [6.45, 7) is 5.69. The zero-order chi connectivity index (χ0) is 15.6. The van der Waals surface area contributed by atoms with Crippen molar-refractivity contribution in [2.45, 2.75) is 51.4 Å². The molecule has 0 aromatic heterocycles. The molecule has 0 spiro atoms. The Morgan fingerprint density at radius 2 is 2.05 bits per heavy atom. The molecule has 0 saturated heterocycles. The molecule has 1 amide bonds. The van der Waals surface area contributed by atoms with Crippen LogP contribution in [-0.2, 0) is 11.3 Å². The Labute approximate surface area is 122 Å². The molecule has 0 aliphatic heterocycles. The van der Waals surface area contributed by atoms with Gasteiger partial charge in [0, 0.05) is 30.3 Å². The van der Waals surface area contributed by atoms with E-state index in [4.69, 9.17) is 4.74 Å². The maximum atomic E-state index is 13.4. The second kappa shape index (κ2) is 5.97. The van der Waals surface area contributed by atoms with Gasteiger partial charge in [-0.25, -0.2) is 13.6 Å². The summed E-state index contributed by atoms with van der Waals surface area (Å²) in [6.07, 6.45) is 0.312. The van der Waals surface area contributed by atoms with Crippen LogP contribution in [0.3, 0.4) is 0 Å². The Kier molecular flexibility index (Phi) is 4.46. The van der Waals surface area contributed by atoms with Crippen LogP contribution in [0.15, 0.2) is 18.2 Å². The minimum Gasteiger partial charge on any atom is -0.444 e. The monoisotopic (exact) mass is 298 g/mol. The van der Waals surface area contributed by atoms with E-state index in [1.54, 1.807) is 20.8 Å². The lowest BCUT2D eigenvalue weighted by atomic mass is 10.2. The first-order valence-electron chi connectivity index (χ1n) is 6.91. The fourth-order valence-corrected chi connectivity index (χ4v) is 1.95. The topological polar surface area (TPSA) is 50.4 Å². The molecule has 1 saturated carbocycles. The van der Waals surface area contributed by atoms with Crippen molar-refractivity contribution in [3.63, 3.8) is 0 Å². The Hall–Kier alpha value is -1.69. The third-order valence-corrected chi connectivity index (χ3v) is 3.06. The van der Waals surface area contributed by atoms with Crippen molar-refractivity contribution in [3.8, 4) is 0 Å². The number of alkyl carbamates (subject to hydrolysis) is 1. The first-order valence-corrected chi connectivity index (χ1v) is 6.91. The predicted molar refractivity (Wildman–Crippen MR) is 74.8 cm³/mol. The summed E-state index contributed by atoms with van der Waals surface area (Å²) in [5, 5.41) is 5.86. The highest BCUT2D eigenvalue weighted by Crippen LogP contribution is 2.23. The minimum absolute atomic E-state index is 0.0108. The molecule has 0 radical (unpaired) electrons. The summed E-state index contributed by atoms with van der Waals surface area (Å²) < 4.78 is 31.4.